The molecular weight excluding hydrogens is 666 g/mol. The van der Waals surface area contributed by atoms with Crippen molar-refractivity contribution in [2.45, 2.75) is 103 Å². The Morgan fingerprint density at radius 2 is 0.898 bits per heavy atom. The molecule has 260 valence electrons. The summed E-state index contributed by atoms with van der Waals surface area (Å²) < 4.78 is 63.8. The predicted molar refractivity (Wildman–Crippen MR) is 193 cm³/mol. The molecule has 0 saturated heterocycles. The van der Waals surface area contributed by atoms with Gasteiger partial charge in [-0.2, -0.15) is 4.57 Å². The average molecular weight is 717 g/mol. The molecule has 7 nitrogen and oxygen atoms in total. The fraction of sp³-hybridized carbons (Fsp3) is 0.385. The van der Waals surface area contributed by atoms with E-state index < -0.39 is 17.9 Å². The van der Waals surface area contributed by atoms with Gasteiger partial charge in [0.15, 0.2) is 0 Å². The van der Waals surface area contributed by atoms with Crippen LogP contribution < -0.4 is 43.1 Å². The van der Waals surface area contributed by atoms with Gasteiger partial charge in [0.05, 0.1) is 4.90 Å². The first-order valence-electron chi connectivity index (χ1n) is 16.9. The molecule has 4 aromatic carbocycles. The van der Waals surface area contributed by atoms with Crippen LogP contribution in [0.25, 0.3) is 0 Å². The first-order valence-corrected chi connectivity index (χ1v) is 19.8. The third-order valence-electron chi connectivity index (χ3n) is 7.76. The van der Waals surface area contributed by atoms with Crippen molar-refractivity contribution in [1.29, 1.82) is 0 Å². The molecule has 4 rings (SSSR count). The van der Waals surface area contributed by atoms with Crippen LogP contribution in [0.1, 0.15) is 93.4 Å². The van der Waals surface area contributed by atoms with Gasteiger partial charge in [-0.1, -0.05) is 136 Å². The number of phosphoric ester groups is 1. The van der Waals surface area contributed by atoms with Gasteiger partial charge in [0.2, 0.25) is 0 Å². The van der Waals surface area contributed by atoms with Crippen molar-refractivity contribution in [1.82, 2.24) is 0 Å². The second kappa shape index (κ2) is 22.3. The van der Waals surface area contributed by atoms with E-state index in [9.17, 15) is 17.5 Å². The summed E-state index contributed by atoms with van der Waals surface area (Å²) in [6, 6.07) is 28.2. The predicted octanol–water partition coefficient (Wildman–Crippen LogP) is 8.31. The van der Waals surface area contributed by atoms with Crippen molar-refractivity contribution in [2.75, 3.05) is 0 Å². The first kappa shape index (κ1) is 42.6. The second-order valence-electron chi connectivity index (χ2n) is 12.2. The Balaban J connectivity index is 0.000000339. The molecule has 0 aliphatic heterocycles. The summed E-state index contributed by atoms with van der Waals surface area (Å²) in [5.74, 6) is 1.24. The molecule has 0 saturated carbocycles. The largest absolute Gasteiger partial charge is 1.00 e. The Bertz CT molecular complexity index is 1540. The standard InChI is InChI=1S/C21H21O4P.C18H30O3S.Na/c1-16-4-10-19(11-5-16)23-26(22,24-20-12-6-17(2)7-13-20)25-21-14-8-18(3)9-15-21;1-2-3-4-5-6-7-8-9-10-11-14-17-15-12-13-16-18(17)22(19,20)21;/h4-15H,1-3H3;12-13,15-16H,2-11,14H2,1H3,(H,19,20,21);/q;;+1/p-1. The maximum atomic E-state index is 13.3. The quantitative estimate of drug-likeness (QED) is 0.0442. The molecule has 49 heavy (non-hydrogen) atoms. The molecule has 0 fully saturated rings. The normalized spacial score (nSPS) is 11.1. The van der Waals surface area contributed by atoms with E-state index in [1.165, 1.54) is 57.4 Å². The van der Waals surface area contributed by atoms with E-state index in [-0.39, 0.29) is 34.5 Å². The molecule has 0 bridgehead atoms. The molecule has 0 aliphatic rings. The summed E-state index contributed by atoms with van der Waals surface area (Å²) in [5.41, 5.74) is 3.89. The summed E-state index contributed by atoms with van der Waals surface area (Å²) in [7, 11) is -8.28. The summed E-state index contributed by atoms with van der Waals surface area (Å²) in [5, 5.41) is 0. The van der Waals surface area contributed by atoms with Crippen molar-refractivity contribution in [3.8, 4) is 17.2 Å². The number of aryl methyl sites for hydroxylation is 4. The number of unbranched alkanes of at least 4 members (excludes halogenated alkanes) is 9. The van der Waals surface area contributed by atoms with Crippen LogP contribution >= 0.6 is 7.82 Å². The van der Waals surface area contributed by atoms with Crippen molar-refractivity contribution in [2.24, 2.45) is 0 Å². The first-order chi connectivity index (χ1) is 23.0. The van der Waals surface area contributed by atoms with E-state index in [1.54, 1.807) is 54.6 Å². The minimum absolute atomic E-state index is 0. The van der Waals surface area contributed by atoms with Gasteiger partial charge < -0.3 is 18.1 Å². The van der Waals surface area contributed by atoms with Gasteiger partial charge in [-0.25, -0.2) is 8.42 Å². The zero-order valence-electron chi connectivity index (χ0n) is 29.7. The van der Waals surface area contributed by atoms with E-state index in [0.717, 1.165) is 29.5 Å². The fourth-order valence-electron chi connectivity index (χ4n) is 5.00. The molecule has 0 amide bonds. The van der Waals surface area contributed by atoms with Gasteiger partial charge in [-0.15, -0.1) is 0 Å². The average Bonchev–Trinajstić information content (AvgIpc) is 3.05. The molecule has 0 radical (unpaired) electrons. The van der Waals surface area contributed by atoms with Crippen LogP contribution in [0.2, 0.25) is 0 Å². The van der Waals surface area contributed by atoms with Gasteiger partial charge >= 0.3 is 37.4 Å². The number of benzene rings is 4. The fourth-order valence-corrected chi connectivity index (χ4v) is 6.99. The Morgan fingerprint density at radius 1 is 0.551 bits per heavy atom. The zero-order chi connectivity index (χ0) is 34.8. The third-order valence-corrected chi connectivity index (χ3v) is 10.00. The van der Waals surface area contributed by atoms with Gasteiger partial charge in [0, 0.05) is 0 Å². The minimum atomic E-state index is -4.35. The number of rotatable bonds is 18. The van der Waals surface area contributed by atoms with E-state index in [0.29, 0.717) is 29.2 Å². The summed E-state index contributed by atoms with van der Waals surface area (Å²) in [6.45, 7) is 8.13. The van der Waals surface area contributed by atoms with Gasteiger partial charge in [0.25, 0.3) is 0 Å². The topological polar surface area (TPSA) is 102 Å². The summed E-state index contributed by atoms with van der Waals surface area (Å²) >= 11 is 0. The van der Waals surface area contributed by atoms with E-state index in [4.69, 9.17) is 13.6 Å². The smallest absolute Gasteiger partial charge is 0.744 e. The number of phosphoric acid groups is 1. The van der Waals surface area contributed by atoms with Crippen LogP contribution in [-0.4, -0.2) is 13.0 Å². The third kappa shape index (κ3) is 16.8. The Kier molecular flexibility index (Phi) is 19.4. The van der Waals surface area contributed by atoms with Crippen LogP contribution in [0.4, 0.5) is 0 Å². The Hall–Kier alpha value is -2.58. The van der Waals surface area contributed by atoms with Crippen LogP contribution in [0, 0.1) is 20.8 Å². The number of hydrogen-bond donors (Lipinski definition) is 0. The van der Waals surface area contributed by atoms with Crippen molar-refractivity contribution in [3.05, 3.63) is 119 Å². The molecule has 0 spiro atoms. The summed E-state index contributed by atoms with van der Waals surface area (Å²) in [4.78, 5) is -0.0501. The monoisotopic (exact) mass is 716 g/mol. The molecule has 0 heterocycles. The molecule has 4 aromatic rings. The Labute approximate surface area is 316 Å². The zero-order valence-corrected chi connectivity index (χ0v) is 33.4. The van der Waals surface area contributed by atoms with Gasteiger partial charge in [-0.3, -0.25) is 0 Å². The molecule has 0 unspecified atom stereocenters. The van der Waals surface area contributed by atoms with Gasteiger partial charge in [-0.05, 0) is 81.6 Å². The molecule has 0 atom stereocenters. The molecule has 0 aromatic heterocycles. The van der Waals surface area contributed by atoms with E-state index in [2.05, 4.69) is 6.92 Å². The molecule has 10 heteroatoms. The second-order valence-corrected chi connectivity index (χ2v) is 14.9. The van der Waals surface area contributed by atoms with Crippen molar-refractivity contribution < 1.29 is 60.7 Å². The molecule has 0 aliphatic carbocycles. The van der Waals surface area contributed by atoms with Crippen molar-refractivity contribution >= 4 is 17.9 Å². The summed E-state index contributed by atoms with van der Waals surface area (Å²) in [6.07, 6.45) is 13.2. The molecule has 0 N–H and O–H groups in total. The van der Waals surface area contributed by atoms with Crippen LogP contribution in [-0.2, 0) is 21.1 Å². The minimum Gasteiger partial charge on any atom is -0.744 e. The Morgan fingerprint density at radius 3 is 1.27 bits per heavy atom. The van der Waals surface area contributed by atoms with Crippen LogP contribution in [0.5, 0.6) is 17.2 Å². The van der Waals surface area contributed by atoms with E-state index >= 15 is 0 Å². The van der Waals surface area contributed by atoms with Gasteiger partial charge in [0.1, 0.15) is 27.4 Å². The maximum absolute atomic E-state index is 13.3. The van der Waals surface area contributed by atoms with Crippen LogP contribution in [0.3, 0.4) is 0 Å². The van der Waals surface area contributed by atoms with E-state index in [1.807, 2.05) is 57.2 Å². The molecular formula is C39H50NaO7PS. The number of hydrogen-bond acceptors (Lipinski definition) is 7. The van der Waals surface area contributed by atoms with Crippen LogP contribution in [0.15, 0.2) is 102 Å². The maximum Gasteiger partial charge on any atom is 1.00 e. The SMILES string of the molecule is CCCCCCCCCCCCc1ccccc1S(=O)(=O)[O-].Cc1ccc(OP(=O)(Oc2ccc(C)cc2)Oc2ccc(C)cc2)cc1.[Na+]. The van der Waals surface area contributed by atoms with Crippen molar-refractivity contribution in [3.63, 3.8) is 0 Å².